The molecule has 4 aromatic rings. The van der Waals surface area contributed by atoms with Gasteiger partial charge < -0.3 is 14.5 Å². The third-order valence-electron chi connectivity index (χ3n) is 8.13. The number of hydrogen-bond donors (Lipinski definition) is 2. The number of nitrogens with one attached hydrogen (secondary N) is 2. The van der Waals surface area contributed by atoms with E-state index in [0.717, 1.165) is 52.1 Å². The van der Waals surface area contributed by atoms with E-state index in [1.54, 1.807) is 34.7 Å². The van der Waals surface area contributed by atoms with Crippen LogP contribution >= 0.6 is 11.3 Å². The van der Waals surface area contributed by atoms with Crippen molar-refractivity contribution in [1.29, 1.82) is 0 Å². The Hall–Kier alpha value is -3.31. The molecule has 2 N–H and O–H groups in total. The van der Waals surface area contributed by atoms with Crippen LogP contribution in [0, 0.1) is 0 Å². The zero-order valence-electron chi connectivity index (χ0n) is 26.0. The van der Waals surface area contributed by atoms with Crippen LogP contribution in [0.25, 0.3) is 32.5 Å². The van der Waals surface area contributed by atoms with Crippen LogP contribution in [0.3, 0.4) is 0 Å². The fourth-order valence-corrected chi connectivity index (χ4v) is 8.21. The molecule has 0 amide bonds. The number of aromatic amines is 1. The van der Waals surface area contributed by atoms with Gasteiger partial charge in [-0.15, -0.1) is 11.3 Å². The third kappa shape index (κ3) is 7.79. The standard InChI is InChI=1S/C31H40N8O5S2/c1-2-5-23(40)6-4-16-44-33-9-19-46(41,42)39-12-10-37(11-13-39)22-24-20-28-29(45-24)31(38-14-17-43-18-15-38)35-30(34-28)25-7-3-8-27-26(25)21-32-36-27/h2-3,5,7-8,20-21,33H,4,6,9-19,22H2,1H3,(H,32,36)/b5-2+. The lowest BCUT2D eigenvalue weighted by atomic mass is 10.1. The van der Waals surface area contributed by atoms with E-state index in [9.17, 15) is 13.2 Å². The van der Waals surface area contributed by atoms with Gasteiger partial charge >= 0.3 is 0 Å². The highest BCUT2D eigenvalue weighted by Crippen LogP contribution is 2.36. The highest BCUT2D eigenvalue weighted by molar-refractivity contribution is 7.89. The number of benzene rings is 1. The number of carbonyl (C=O) groups is 1. The Kier molecular flexibility index (Phi) is 10.7. The van der Waals surface area contributed by atoms with E-state index in [1.165, 1.54) is 4.88 Å². The lowest BCUT2D eigenvalue weighted by Gasteiger charge is -2.33. The van der Waals surface area contributed by atoms with Crippen LogP contribution in [0.1, 0.15) is 24.6 Å². The van der Waals surface area contributed by atoms with Gasteiger partial charge in [-0.25, -0.2) is 23.9 Å². The van der Waals surface area contributed by atoms with Crippen molar-refractivity contribution in [2.75, 3.05) is 76.3 Å². The average molecular weight is 669 g/mol. The smallest absolute Gasteiger partial charge is 0.215 e. The van der Waals surface area contributed by atoms with Crippen LogP contribution < -0.4 is 10.4 Å². The minimum atomic E-state index is -3.41. The predicted molar refractivity (Wildman–Crippen MR) is 179 cm³/mol. The topological polar surface area (TPSA) is 146 Å². The number of sulfonamides is 1. The van der Waals surface area contributed by atoms with E-state index in [-0.39, 0.29) is 18.1 Å². The van der Waals surface area contributed by atoms with Crippen LogP contribution in [0.15, 0.2) is 42.6 Å². The van der Waals surface area contributed by atoms with E-state index in [4.69, 9.17) is 19.5 Å². The van der Waals surface area contributed by atoms with Gasteiger partial charge in [-0.1, -0.05) is 18.2 Å². The molecule has 5 heterocycles. The van der Waals surface area contributed by atoms with Gasteiger partial charge in [0.2, 0.25) is 10.0 Å². The Balaban J connectivity index is 1.07. The molecule has 0 bridgehead atoms. The lowest BCUT2D eigenvalue weighted by Crippen LogP contribution is -2.49. The molecule has 2 fully saturated rings. The van der Waals surface area contributed by atoms with Crippen LogP contribution in [-0.4, -0.2) is 115 Å². The number of aromatic nitrogens is 4. The number of ether oxygens (including phenoxy) is 1. The van der Waals surface area contributed by atoms with Crippen LogP contribution in [0.2, 0.25) is 0 Å². The Morgan fingerprint density at radius 2 is 1.98 bits per heavy atom. The molecule has 15 heteroatoms. The number of carbonyl (C=O) groups excluding carboxylic acids is 1. The number of hydrogen-bond acceptors (Lipinski definition) is 12. The monoisotopic (exact) mass is 668 g/mol. The summed E-state index contributed by atoms with van der Waals surface area (Å²) in [6.45, 7) is 8.10. The van der Waals surface area contributed by atoms with Gasteiger partial charge in [-0.05, 0) is 31.6 Å². The predicted octanol–water partition coefficient (Wildman–Crippen LogP) is 2.97. The van der Waals surface area contributed by atoms with E-state index in [1.807, 2.05) is 24.4 Å². The summed E-state index contributed by atoms with van der Waals surface area (Å²) in [7, 11) is -3.41. The molecule has 3 aromatic heterocycles. The summed E-state index contributed by atoms with van der Waals surface area (Å²) in [6, 6.07) is 8.16. The molecular formula is C31H40N8O5S2. The maximum Gasteiger partial charge on any atom is 0.215 e. The molecular weight excluding hydrogens is 629 g/mol. The van der Waals surface area contributed by atoms with Crippen molar-refractivity contribution in [1.82, 2.24) is 34.9 Å². The van der Waals surface area contributed by atoms with Crippen molar-refractivity contribution < 1.29 is 22.8 Å². The van der Waals surface area contributed by atoms with Gasteiger partial charge in [0, 0.05) is 74.6 Å². The average Bonchev–Trinajstić information content (AvgIpc) is 3.71. The largest absolute Gasteiger partial charge is 0.378 e. The van der Waals surface area contributed by atoms with Crippen LogP contribution in [0.4, 0.5) is 5.82 Å². The number of fused-ring (bicyclic) bond motifs is 2. The SMILES string of the molecule is C/C=C/C(=O)CCCONCCS(=O)(=O)N1CCN(Cc2cc3nc(-c4cccc5[nH]ncc45)nc(N4CCOCC4)c3s2)CC1. The van der Waals surface area contributed by atoms with Crippen molar-refractivity contribution in [2.45, 2.75) is 26.3 Å². The maximum absolute atomic E-state index is 12.9. The zero-order valence-corrected chi connectivity index (χ0v) is 27.6. The summed E-state index contributed by atoms with van der Waals surface area (Å²) in [5, 5.41) is 8.23. The molecule has 2 aliphatic rings. The number of anilines is 1. The highest BCUT2D eigenvalue weighted by Gasteiger charge is 2.27. The summed E-state index contributed by atoms with van der Waals surface area (Å²) in [6.07, 6.45) is 6.05. The molecule has 6 rings (SSSR count). The molecule has 0 radical (unpaired) electrons. The van der Waals surface area contributed by atoms with Gasteiger partial charge in [-0.2, -0.15) is 9.40 Å². The van der Waals surface area contributed by atoms with E-state index in [0.29, 0.717) is 64.7 Å². The Morgan fingerprint density at radius 3 is 2.78 bits per heavy atom. The number of thiophene rings is 1. The number of hydroxylamine groups is 1. The van der Waals surface area contributed by atoms with Gasteiger partial charge in [0.05, 0.1) is 47.5 Å². The minimum absolute atomic E-state index is 0.0430. The fraction of sp³-hybridized carbons (Fsp3) is 0.484. The summed E-state index contributed by atoms with van der Waals surface area (Å²) >= 11 is 1.71. The van der Waals surface area contributed by atoms with Crippen molar-refractivity contribution in [2.24, 2.45) is 0 Å². The zero-order chi connectivity index (χ0) is 31.9. The van der Waals surface area contributed by atoms with E-state index < -0.39 is 10.0 Å². The molecule has 2 aliphatic heterocycles. The van der Waals surface area contributed by atoms with Crippen molar-refractivity contribution >= 4 is 54.1 Å². The Morgan fingerprint density at radius 1 is 1.15 bits per heavy atom. The van der Waals surface area contributed by atoms with Gasteiger partial charge in [0.1, 0.15) is 0 Å². The Bertz CT molecular complexity index is 1780. The number of nitrogens with zero attached hydrogens (tertiary/aromatic N) is 6. The number of allylic oxidation sites excluding steroid dienone is 2. The van der Waals surface area contributed by atoms with Crippen molar-refractivity contribution in [3.05, 3.63) is 47.5 Å². The number of ketones is 1. The lowest BCUT2D eigenvalue weighted by molar-refractivity contribution is -0.115. The van der Waals surface area contributed by atoms with Crippen molar-refractivity contribution in [3.8, 4) is 11.4 Å². The third-order valence-corrected chi connectivity index (χ3v) is 11.1. The van der Waals surface area contributed by atoms with Gasteiger partial charge in [0.25, 0.3) is 0 Å². The summed E-state index contributed by atoms with van der Waals surface area (Å²) in [5.41, 5.74) is 5.51. The highest BCUT2D eigenvalue weighted by atomic mass is 32.2. The second-order valence-corrected chi connectivity index (χ2v) is 14.6. The van der Waals surface area contributed by atoms with Crippen LogP contribution in [0.5, 0.6) is 0 Å². The second kappa shape index (κ2) is 15.1. The number of piperazine rings is 1. The molecule has 0 atom stereocenters. The molecule has 0 aliphatic carbocycles. The molecule has 246 valence electrons. The number of morpholine rings is 1. The first-order valence-corrected chi connectivity index (χ1v) is 18.1. The van der Waals surface area contributed by atoms with E-state index in [2.05, 4.69) is 31.5 Å². The first-order valence-electron chi connectivity index (χ1n) is 15.7. The van der Waals surface area contributed by atoms with Crippen molar-refractivity contribution in [3.63, 3.8) is 0 Å². The minimum Gasteiger partial charge on any atom is -0.378 e. The van der Waals surface area contributed by atoms with E-state index >= 15 is 0 Å². The second-order valence-electron chi connectivity index (χ2n) is 11.3. The number of H-pyrrole nitrogens is 1. The number of rotatable bonds is 14. The quantitative estimate of drug-likeness (QED) is 0.116. The molecule has 2 saturated heterocycles. The Labute approximate surface area is 272 Å². The van der Waals surface area contributed by atoms with Gasteiger partial charge in [-0.3, -0.25) is 14.8 Å². The summed E-state index contributed by atoms with van der Waals surface area (Å²) in [5.74, 6) is 1.61. The molecule has 46 heavy (non-hydrogen) atoms. The molecule has 13 nitrogen and oxygen atoms in total. The molecule has 0 unspecified atom stereocenters. The first-order chi connectivity index (χ1) is 22.4. The normalized spacial score (nSPS) is 17.1. The fourth-order valence-electron chi connectivity index (χ4n) is 5.73. The molecule has 1 aromatic carbocycles. The molecule has 0 spiro atoms. The van der Waals surface area contributed by atoms with Crippen LogP contribution in [-0.2, 0) is 30.9 Å². The summed E-state index contributed by atoms with van der Waals surface area (Å²) < 4.78 is 34.1. The maximum atomic E-state index is 12.9. The summed E-state index contributed by atoms with van der Waals surface area (Å²) in [4.78, 5) is 32.7. The van der Waals surface area contributed by atoms with Gasteiger partial charge in [0.15, 0.2) is 17.4 Å². The molecule has 0 saturated carbocycles. The first kappa shape index (κ1) is 32.6.